The van der Waals surface area contributed by atoms with Crippen molar-refractivity contribution < 1.29 is 23.8 Å². The molecule has 1 fully saturated rings. The summed E-state index contributed by atoms with van der Waals surface area (Å²) in [7, 11) is 0. The lowest BCUT2D eigenvalue weighted by Gasteiger charge is -2.26. The van der Waals surface area contributed by atoms with Gasteiger partial charge >= 0.3 is 11.9 Å². The minimum absolute atomic E-state index is 0.0555. The van der Waals surface area contributed by atoms with Crippen LogP contribution in [0.4, 0.5) is 0 Å². The Labute approximate surface area is 168 Å². The number of hydrogen-bond acceptors (Lipinski definition) is 5. The molecule has 0 heterocycles. The molecule has 0 bridgehead atoms. The van der Waals surface area contributed by atoms with E-state index in [1.807, 2.05) is 12.1 Å². The fraction of sp³-hybridized carbons (Fsp3) is 0.565. The van der Waals surface area contributed by atoms with Crippen LogP contribution in [0.15, 0.2) is 36.9 Å². The van der Waals surface area contributed by atoms with Crippen molar-refractivity contribution in [3.63, 3.8) is 0 Å². The molecular weight excluding hydrogens is 356 g/mol. The molecule has 5 nitrogen and oxygen atoms in total. The van der Waals surface area contributed by atoms with Crippen molar-refractivity contribution in [2.75, 3.05) is 13.2 Å². The van der Waals surface area contributed by atoms with Crippen molar-refractivity contribution in [2.24, 2.45) is 5.92 Å². The van der Waals surface area contributed by atoms with Gasteiger partial charge in [0.1, 0.15) is 11.9 Å². The number of esters is 2. The van der Waals surface area contributed by atoms with E-state index in [0.717, 1.165) is 63.0 Å². The Kier molecular flexibility index (Phi) is 9.60. The molecule has 1 saturated carbocycles. The number of carbonyl (C=O) groups is 2. The lowest BCUT2D eigenvalue weighted by atomic mass is 9.89. The van der Waals surface area contributed by atoms with Crippen molar-refractivity contribution in [3.05, 3.63) is 42.5 Å². The largest absolute Gasteiger partial charge is 0.494 e. The summed E-state index contributed by atoms with van der Waals surface area (Å²) in [5.74, 6) is 0.872. The zero-order chi connectivity index (χ0) is 20.2. The molecule has 1 aromatic rings. The van der Waals surface area contributed by atoms with Crippen LogP contribution in [0, 0.1) is 5.92 Å². The van der Waals surface area contributed by atoms with E-state index < -0.39 is 0 Å². The van der Waals surface area contributed by atoms with Gasteiger partial charge in [-0.05, 0) is 81.5 Å². The van der Waals surface area contributed by atoms with E-state index in [-0.39, 0.29) is 18.0 Å². The van der Waals surface area contributed by atoms with Crippen LogP contribution in [0.1, 0.15) is 68.6 Å². The highest BCUT2D eigenvalue weighted by Crippen LogP contribution is 2.26. The zero-order valence-corrected chi connectivity index (χ0v) is 16.9. The van der Waals surface area contributed by atoms with Gasteiger partial charge in [0.25, 0.3) is 0 Å². The molecule has 0 saturated heterocycles. The van der Waals surface area contributed by atoms with Crippen LogP contribution in [-0.4, -0.2) is 31.3 Å². The maximum absolute atomic E-state index is 12.3. The first-order valence-corrected chi connectivity index (χ1v) is 10.3. The minimum Gasteiger partial charge on any atom is -0.494 e. The lowest BCUT2D eigenvalue weighted by Crippen LogP contribution is -2.23. The van der Waals surface area contributed by atoms with Crippen LogP contribution in [0.3, 0.4) is 0 Å². The number of unbranched alkanes of at least 4 members (excludes halogenated alkanes) is 3. The van der Waals surface area contributed by atoms with Gasteiger partial charge in [-0.1, -0.05) is 13.5 Å². The van der Waals surface area contributed by atoms with Gasteiger partial charge in [-0.2, -0.15) is 0 Å². The van der Waals surface area contributed by atoms with E-state index in [2.05, 4.69) is 13.5 Å². The zero-order valence-electron chi connectivity index (χ0n) is 16.9. The Balaban J connectivity index is 1.58. The third-order valence-electron chi connectivity index (χ3n) is 5.04. The smallest absolute Gasteiger partial charge is 0.338 e. The highest BCUT2D eigenvalue weighted by molar-refractivity contribution is 5.89. The first-order valence-electron chi connectivity index (χ1n) is 10.3. The quantitative estimate of drug-likeness (QED) is 0.300. The van der Waals surface area contributed by atoms with E-state index in [1.165, 1.54) is 6.08 Å². The van der Waals surface area contributed by atoms with Crippen LogP contribution in [0.25, 0.3) is 0 Å². The summed E-state index contributed by atoms with van der Waals surface area (Å²) >= 11 is 0. The van der Waals surface area contributed by atoms with Gasteiger partial charge in [-0.3, -0.25) is 0 Å². The van der Waals surface area contributed by atoms with Gasteiger partial charge in [0.2, 0.25) is 0 Å². The molecule has 0 atom stereocenters. The molecule has 0 radical (unpaired) electrons. The van der Waals surface area contributed by atoms with Crippen LogP contribution in [-0.2, 0) is 14.3 Å². The second-order valence-corrected chi connectivity index (χ2v) is 7.45. The van der Waals surface area contributed by atoms with Crippen LogP contribution < -0.4 is 4.74 Å². The van der Waals surface area contributed by atoms with Gasteiger partial charge in [0.15, 0.2) is 0 Å². The van der Waals surface area contributed by atoms with Crippen molar-refractivity contribution >= 4 is 11.9 Å². The molecule has 154 valence electrons. The van der Waals surface area contributed by atoms with Crippen molar-refractivity contribution in [1.29, 1.82) is 0 Å². The van der Waals surface area contributed by atoms with E-state index in [0.29, 0.717) is 18.8 Å². The molecule has 28 heavy (non-hydrogen) atoms. The number of hydrogen-bond donors (Lipinski definition) is 0. The molecule has 1 aliphatic carbocycles. The molecule has 2 rings (SSSR count). The van der Waals surface area contributed by atoms with E-state index in [9.17, 15) is 9.59 Å². The van der Waals surface area contributed by atoms with Gasteiger partial charge in [-0.15, -0.1) is 0 Å². The summed E-state index contributed by atoms with van der Waals surface area (Å²) < 4.78 is 16.3. The van der Waals surface area contributed by atoms with E-state index in [1.54, 1.807) is 12.1 Å². The molecular formula is C23H32O5. The van der Waals surface area contributed by atoms with Crippen molar-refractivity contribution in [3.8, 4) is 5.75 Å². The Morgan fingerprint density at radius 2 is 1.64 bits per heavy atom. The topological polar surface area (TPSA) is 61.8 Å². The molecule has 0 aliphatic heterocycles. The molecule has 1 aromatic carbocycles. The number of rotatable bonds is 11. The van der Waals surface area contributed by atoms with Gasteiger partial charge in [0, 0.05) is 6.08 Å². The summed E-state index contributed by atoms with van der Waals surface area (Å²) in [6.45, 7) is 6.66. The highest BCUT2D eigenvalue weighted by atomic mass is 16.5. The normalized spacial score (nSPS) is 18.9. The molecule has 0 unspecified atom stereocenters. The lowest BCUT2D eigenvalue weighted by molar-refractivity contribution is -0.137. The predicted molar refractivity (Wildman–Crippen MR) is 108 cm³/mol. The summed E-state index contributed by atoms with van der Waals surface area (Å²) in [5.41, 5.74) is 0.569. The third kappa shape index (κ3) is 8.15. The average molecular weight is 389 g/mol. The first kappa shape index (κ1) is 22.0. The second kappa shape index (κ2) is 12.2. The molecule has 0 aromatic heterocycles. The van der Waals surface area contributed by atoms with Crippen molar-refractivity contribution in [1.82, 2.24) is 0 Å². The van der Waals surface area contributed by atoms with Crippen molar-refractivity contribution in [2.45, 2.75) is 64.4 Å². The van der Waals surface area contributed by atoms with Crippen LogP contribution >= 0.6 is 0 Å². The third-order valence-corrected chi connectivity index (χ3v) is 5.04. The SMILES string of the molecule is C=CC(=O)OCCCCCCOc1ccc(C(=O)OC2CCC(C)CC2)cc1. The average Bonchev–Trinajstić information content (AvgIpc) is 2.71. The molecule has 0 amide bonds. The first-order chi connectivity index (χ1) is 13.6. The summed E-state index contributed by atoms with van der Waals surface area (Å²) in [5, 5.41) is 0. The monoisotopic (exact) mass is 388 g/mol. The minimum atomic E-state index is -0.371. The Morgan fingerprint density at radius 1 is 1.00 bits per heavy atom. The molecule has 1 aliphatic rings. The van der Waals surface area contributed by atoms with E-state index >= 15 is 0 Å². The van der Waals surface area contributed by atoms with Gasteiger partial charge < -0.3 is 14.2 Å². The fourth-order valence-electron chi connectivity index (χ4n) is 3.23. The van der Waals surface area contributed by atoms with E-state index in [4.69, 9.17) is 14.2 Å². The maximum Gasteiger partial charge on any atom is 0.338 e. The summed E-state index contributed by atoms with van der Waals surface area (Å²) in [6.07, 6.45) is 9.18. The number of carbonyl (C=O) groups excluding carboxylic acids is 2. The Bertz CT molecular complexity index is 614. The van der Waals surface area contributed by atoms with Crippen LogP contribution in [0.2, 0.25) is 0 Å². The van der Waals surface area contributed by atoms with Gasteiger partial charge in [0.05, 0.1) is 18.8 Å². The standard InChI is InChI=1S/C23H32O5/c1-3-22(24)27-17-7-5-4-6-16-26-20-14-10-19(11-15-20)23(25)28-21-12-8-18(2)9-13-21/h3,10-11,14-15,18,21H,1,4-9,12-13,16-17H2,2H3. The highest BCUT2D eigenvalue weighted by Gasteiger charge is 2.22. The Morgan fingerprint density at radius 3 is 2.29 bits per heavy atom. The second-order valence-electron chi connectivity index (χ2n) is 7.45. The Hall–Kier alpha value is -2.30. The molecule has 5 heteroatoms. The molecule has 0 N–H and O–H groups in total. The maximum atomic E-state index is 12.3. The number of ether oxygens (including phenoxy) is 3. The van der Waals surface area contributed by atoms with Gasteiger partial charge in [-0.25, -0.2) is 9.59 Å². The fourth-order valence-corrected chi connectivity index (χ4v) is 3.23. The summed E-state index contributed by atoms with van der Waals surface area (Å²) in [6, 6.07) is 7.15. The predicted octanol–water partition coefficient (Wildman–Crippen LogP) is 5.09. The number of benzene rings is 1. The van der Waals surface area contributed by atoms with Crippen LogP contribution in [0.5, 0.6) is 5.75 Å². The molecule has 0 spiro atoms. The summed E-state index contributed by atoms with van der Waals surface area (Å²) in [4.78, 5) is 23.1.